The van der Waals surface area contributed by atoms with Gasteiger partial charge in [-0.25, -0.2) is 0 Å². The third-order valence-corrected chi connectivity index (χ3v) is 13.7. The number of unbranched alkanes of at least 4 members (excludes halogenated alkanes) is 4. The smallest absolute Gasteiger partial charge is 0.306 e. The predicted octanol–water partition coefficient (Wildman–Crippen LogP) is 14.1. The van der Waals surface area contributed by atoms with E-state index in [0.717, 1.165) is 88.6 Å². The van der Waals surface area contributed by atoms with Crippen LogP contribution in [0.3, 0.4) is 0 Å². The van der Waals surface area contributed by atoms with E-state index in [0.29, 0.717) is 87.7 Å². The number of carbonyl (C=O) groups excluding carboxylic acids is 3. The molecule has 0 radical (unpaired) electrons. The lowest BCUT2D eigenvalue weighted by atomic mass is 9.78. The van der Waals surface area contributed by atoms with Gasteiger partial charge in [0.15, 0.2) is 6.29 Å². The molecule has 10 heteroatoms. The Morgan fingerprint density at radius 2 is 0.904 bits per heavy atom. The van der Waals surface area contributed by atoms with Gasteiger partial charge in [-0.15, -0.1) is 0 Å². The minimum absolute atomic E-state index is 0.0613. The molecule has 3 aromatic rings. The van der Waals surface area contributed by atoms with Gasteiger partial charge in [-0.1, -0.05) is 173 Å². The number of esters is 1. The number of phenols is 3. The molecule has 410 valence electrons. The molecule has 10 nitrogen and oxygen atoms in total. The highest BCUT2D eigenvalue weighted by Gasteiger charge is 2.35. The first-order valence-electron chi connectivity index (χ1n) is 27.3. The van der Waals surface area contributed by atoms with Gasteiger partial charge in [-0.05, 0) is 123 Å². The van der Waals surface area contributed by atoms with E-state index in [1.807, 2.05) is 32.9 Å². The average molecular weight is 1010 g/mol. The number of hydrogen-bond donors (Lipinski definition) is 4. The Morgan fingerprint density at radius 3 is 1.36 bits per heavy atom. The number of Topliss-reactive ketones (excluding diaryl/α,β-unsaturated/α-hetero) is 1. The molecule has 73 heavy (non-hydrogen) atoms. The van der Waals surface area contributed by atoms with Crippen molar-refractivity contribution in [1.29, 1.82) is 0 Å². The molecular weight excluding hydrogens is 915 g/mol. The molecule has 0 bridgehead atoms. The highest BCUT2D eigenvalue weighted by atomic mass is 16.7. The van der Waals surface area contributed by atoms with Crippen molar-refractivity contribution in [3.05, 3.63) is 86.5 Å². The van der Waals surface area contributed by atoms with E-state index in [2.05, 4.69) is 133 Å². The zero-order valence-electron chi connectivity index (χ0n) is 48.9. The van der Waals surface area contributed by atoms with Crippen LogP contribution >= 0.6 is 0 Å². The third-order valence-electron chi connectivity index (χ3n) is 13.7. The quantitative estimate of drug-likeness (QED) is 0.0640. The maximum atomic E-state index is 12.7. The minimum atomic E-state index is -0.384. The molecule has 1 aliphatic rings. The zero-order valence-corrected chi connectivity index (χ0v) is 48.9. The van der Waals surface area contributed by atoms with E-state index in [1.54, 1.807) is 0 Å². The van der Waals surface area contributed by atoms with Crippen molar-refractivity contribution in [2.75, 3.05) is 26.4 Å². The Hall–Kier alpha value is -4.41. The second-order valence-electron chi connectivity index (χ2n) is 26.6. The van der Waals surface area contributed by atoms with Gasteiger partial charge in [0.25, 0.3) is 0 Å². The van der Waals surface area contributed by atoms with Gasteiger partial charge < -0.3 is 34.8 Å². The molecule has 4 N–H and O–H groups in total. The van der Waals surface area contributed by atoms with Crippen molar-refractivity contribution < 1.29 is 43.9 Å². The van der Waals surface area contributed by atoms with Crippen molar-refractivity contribution >= 4 is 17.7 Å². The Balaban J connectivity index is 0.000000441. The maximum Gasteiger partial charge on any atom is 0.306 e. The number of phenolic OH excluding ortho intramolecular Hbond substituents is 3. The highest BCUT2D eigenvalue weighted by Crippen LogP contribution is 2.42. The van der Waals surface area contributed by atoms with Crippen LogP contribution in [-0.4, -0.2) is 65.6 Å². The topological polar surface area (TPSA) is 152 Å². The number of aryl methyl sites for hydroxylation is 4. The van der Waals surface area contributed by atoms with Crippen LogP contribution in [-0.2, 0) is 74.9 Å². The summed E-state index contributed by atoms with van der Waals surface area (Å²) in [5, 5.41) is 35.3. The predicted molar refractivity (Wildman–Crippen MR) is 298 cm³/mol. The number of ketones is 1. The van der Waals surface area contributed by atoms with Crippen LogP contribution in [0.4, 0.5) is 0 Å². The summed E-state index contributed by atoms with van der Waals surface area (Å²) in [7, 11) is 0. The second kappa shape index (κ2) is 26.4. The van der Waals surface area contributed by atoms with Gasteiger partial charge in [-0.3, -0.25) is 14.4 Å². The minimum Gasteiger partial charge on any atom is -0.507 e. The molecule has 0 unspecified atom stereocenters. The maximum absolute atomic E-state index is 12.7. The first kappa shape index (κ1) is 62.9. The van der Waals surface area contributed by atoms with Gasteiger partial charge in [0.05, 0.1) is 13.2 Å². The van der Waals surface area contributed by atoms with Crippen LogP contribution in [0.15, 0.2) is 36.4 Å². The summed E-state index contributed by atoms with van der Waals surface area (Å²) >= 11 is 0. The molecule has 0 spiro atoms. The number of aromatic hydroxyl groups is 3. The summed E-state index contributed by atoms with van der Waals surface area (Å²) in [6.07, 6.45) is 9.32. The summed E-state index contributed by atoms with van der Waals surface area (Å²) in [6, 6.07) is 12.2. The summed E-state index contributed by atoms with van der Waals surface area (Å²) in [5.74, 6) is 1.22. The molecular formula is C63H99NO9. The summed E-state index contributed by atoms with van der Waals surface area (Å²) in [6.45, 7) is 39.6. The fourth-order valence-corrected chi connectivity index (χ4v) is 9.09. The van der Waals surface area contributed by atoms with Crippen LogP contribution < -0.4 is 5.32 Å². The molecule has 0 saturated carbocycles. The van der Waals surface area contributed by atoms with E-state index >= 15 is 0 Å². The molecule has 1 heterocycles. The lowest BCUT2D eigenvalue weighted by Crippen LogP contribution is -2.41. The number of rotatable bonds is 20. The average Bonchev–Trinajstić information content (AvgIpc) is 3.27. The highest BCUT2D eigenvalue weighted by molar-refractivity contribution is 5.78. The lowest BCUT2D eigenvalue weighted by molar-refractivity contribution is -0.237. The fourth-order valence-electron chi connectivity index (χ4n) is 9.09. The number of carbonyl (C=O) groups is 3. The molecule has 4 rings (SSSR count). The molecule has 0 atom stereocenters. The van der Waals surface area contributed by atoms with Crippen molar-refractivity contribution in [2.45, 2.75) is 241 Å². The Labute approximate surface area is 442 Å². The van der Waals surface area contributed by atoms with E-state index < -0.39 is 0 Å². The summed E-state index contributed by atoms with van der Waals surface area (Å²) < 4.78 is 16.8. The number of ether oxygens (including phenoxy) is 3. The van der Waals surface area contributed by atoms with Gasteiger partial charge in [0.1, 0.15) is 29.6 Å². The van der Waals surface area contributed by atoms with Crippen molar-refractivity contribution in [3.63, 3.8) is 0 Å². The van der Waals surface area contributed by atoms with Gasteiger partial charge in [-0.2, -0.15) is 0 Å². The third kappa shape index (κ3) is 20.3. The molecule has 1 amide bonds. The van der Waals surface area contributed by atoms with Crippen LogP contribution in [0.25, 0.3) is 0 Å². The Morgan fingerprint density at radius 1 is 0.521 bits per heavy atom. The van der Waals surface area contributed by atoms with Gasteiger partial charge in [0.2, 0.25) is 5.91 Å². The fraction of sp³-hybridized carbons (Fsp3) is 0.667. The largest absolute Gasteiger partial charge is 0.507 e. The standard InChI is InChI=1S/C41H65NO4.C22H34O5/c1-38(2,3)31-24-28(25-32(36(31)45)39(4,5)6)19-21-30(43)18-16-14-13-15-17-23-42-35(44)22-20-29-26-33(40(7,8)9)37(46)34(27-29)41(10,11)12;1-15-12-16(13-17(19(15)24)21(2,3)4)8-9-18(23)27-14-22(5,6)20-25-10-7-11-26-20/h24-27,45-46H,13-23H2,1-12H3,(H,42,44);12-13,20,24H,7-11,14H2,1-6H3. The van der Waals surface area contributed by atoms with E-state index in [1.165, 1.54) is 0 Å². The molecule has 0 aliphatic carbocycles. The van der Waals surface area contributed by atoms with Gasteiger partial charge in [0, 0.05) is 37.6 Å². The molecule has 1 aliphatic heterocycles. The van der Waals surface area contributed by atoms with Crippen LogP contribution in [0.2, 0.25) is 0 Å². The summed E-state index contributed by atoms with van der Waals surface area (Å²) in [4.78, 5) is 37.5. The van der Waals surface area contributed by atoms with E-state index in [4.69, 9.17) is 14.2 Å². The molecule has 1 saturated heterocycles. The Kier molecular flexibility index (Phi) is 22.7. The monoisotopic (exact) mass is 1010 g/mol. The Bertz CT molecular complexity index is 2110. The normalized spacial score (nSPS) is 14.1. The lowest BCUT2D eigenvalue weighted by Gasteiger charge is -2.35. The number of benzene rings is 3. The van der Waals surface area contributed by atoms with E-state index in [-0.39, 0.29) is 57.3 Å². The first-order valence-corrected chi connectivity index (χ1v) is 27.3. The summed E-state index contributed by atoms with van der Waals surface area (Å²) in [5.41, 5.74) is 7.47. The van der Waals surface area contributed by atoms with Crippen LogP contribution in [0, 0.1) is 12.3 Å². The van der Waals surface area contributed by atoms with Gasteiger partial charge >= 0.3 is 5.97 Å². The van der Waals surface area contributed by atoms with Crippen molar-refractivity contribution in [1.82, 2.24) is 5.32 Å². The zero-order chi connectivity index (χ0) is 55.3. The van der Waals surface area contributed by atoms with E-state index in [9.17, 15) is 29.7 Å². The molecule has 3 aromatic carbocycles. The number of nitrogens with one attached hydrogen (secondary N) is 1. The van der Waals surface area contributed by atoms with Crippen molar-refractivity contribution in [3.8, 4) is 17.2 Å². The number of hydrogen-bond acceptors (Lipinski definition) is 9. The molecule has 0 aromatic heterocycles. The second-order valence-corrected chi connectivity index (χ2v) is 26.6. The van der Waals surface area contributed by atoms with Crippen LogP contribution in [0.5, 0.6) is 17.2 Å². The van der Waals surface area contributed by atoms with Crippen LogP contribution in [0.1, 0.15) is 232 Å². The SMILES string of the molecule is CC(C)(C)c1cc(CCC(=O)CCCCCCCNC(=O)CCc2cc(C(C)(C)C)c(O)c(C(C)(C)C)c2)cc(C(C)(C)C)c1O.Cc1cc(CCC(=O)OCC(C)(C)C2OCCCO2)cc(C(C)(C)C)c1O. The molecule has 1 fully saturated rings. The van der Waals surface area contributed by atoms with Crippen molar-refractivity contribution in [2.24, 2.45) is 5.41 Å². The first-order chi connectivity index (χ1) is 33.5. The number of amides is 1.